The lowest BCUT2D eigenvalue weighted by atomic mass is 10.1. The number of fused-ring (bicyclic) bond motifs is 3. The standard InChI is InChI=1S/C8H15N2/c1-2-8-3-6-10(5-1)7-4-9-8/h8H,1-7H2. The maximum Gasteiger partial charge on any atom is 0.0264 e. The molecule has 2 saturated heterocycles. The minimum atomic E-state index is 0.715. The van der Waals surface area contributed by atoms with Crippen LogP contribution < -0.4 is 5.32 Å². The average molecular weight is 139 g/mol. The second-order valence-electron chi connectivity index (χ2n) is 3.33. The molecule has 0 saturated carbocycles. The molecule has 0 aromatic heterocycles. The van der Waals surface area contributed by atoms with Gasteiger partial charge in [0.1, 0.15) is 0 Å². The molecule has 2 heterocycles. The highest BCUT2D eigenvalue weighted by molar-refractivity contribution is 4.78. The van der Waals surface area contributed by atoms with Crippen molar-refractivity contribution < 1.29 is 0 Å². The van der Waals surface area contributed by atoms with Gasteiger partial charge in [0.2, 0.25) is 0 Å². The van der Waals surface area contributed by atoms with Crippen molar-refractivity contribution in [3.63, 3.8) is 0 Å². The van der Waals surface area contributed by atoms with Gasteiger partial charge in [0.15, 0.2) is 0 Å². The van der Waals surface area contributed by atoms with Gasteiger partial charge in [-0.1, -0.05) is 0 Å². The van der Waals surface area contributed by atoms with Crippen LogP contribution in [0.25, 0.3) is 0 Å². The van der Waals surface area contributed by atoms with Crippen molar-refractivity contribution in [1.29, 1.82) is 0 Å². The molecule has 0 spiro atoms. The molecule has 1 radical (unpaired) electrons. The molecule has 0 amide bonds. The minimum absolute atomic E-state index is 0.715. The summed E-state index contributed by atoms with van der Waals surface area (Å²) >= 11 is 0. The second kappa shape index (κ2) is 2.89. The summed E-state index contributed by atoms with van der Waals surface area (Å²) in [7, 11) is 0. The Morgan fingerprint density at radius 1 is 1.10 bits per heavy atom. The molecule has 2 unspecified atom stereocenters. The topological polar surface area (TPSA) is 17.3 Å². The molecule has 2 heteroatoms. The average Bonchev–Trinajstić information content (AvgIpc) is 2.17. The molecule has 2 fully saturated rings. The molecule has 2 bridgehead atoms. The molecule has 2 nitrogen and oxygen atoms in total. The van der Waals surface area contributed by atoms with Crippen LogP contribution in [-0.2, 0) is 0 Å². The summed E-state index contributed by atoms with van der Waals surface area (Å²) in [5, 5.41) is 4.60. The molecule has 10 heavy (non-hydrogen) atoms. The molecular formula is C8H15N2. The van der Waals surface area contributed by atoms with E-state index in [1.807, 2.05) is 0 Å². The quantitative estimate of drug-likeness (QED) is 0.476. The fraction of sp³-hybridized carbons (Fsp3) is 1.00. The van der Waals surface area contributed by atoms with Crippen molar-refractivity contribution in [2.24, 2.45) is 0 Å². The molecule has 57 valence electrons. The Hall–Kier alpha value is -0.0800. The van der Waals surface area contributed by atoms with Gasteiger partial charge in [-0.05, 0) is 32.4 Å². The Labute approximate surface area is 62.6 Å². The summed E-state index contributed by atoms with van der Waals surface area (Å²) in [6.45, 7) is 4.93. The first-order valence-electron chi connectivity index (χ1n) is 4.34. The number of rotatable bonds is 0. The number of nitrogens with zero attached hydrogens (tertiary/aromatic N) is 2. The van der Waals surface area contributed by atoms with Gasteiger partial charge >= 0.3 is 0 Å². The van der Waals surface area contributed by atoms with Gasteiger partial charge in [0, 0.05) is 19.1 Å². The van der Waals surface area contributed by atoms with E-state index in [1.54, 1.807) is 0 Å². The van der Waals surface area contributed by atoms with Crippen molar-refractivity contribution in [2.75, 3.05) is 26.2 Å². The summed E-state index contributed by atoms with van der Waals surface area (Å²) in [5.41, 5.74) is 0. The van der Waals surface area contributed by atoms with E-state index in [0.717, 1.165) is 6.54 Å². The van der Waals surface area contributed by atoms with E-state index in [9.17, 15) is 0 Å². The van der Waals surface area contributed by atoms with Gasteiger partial charge in [0.05, 0.1) is 0 Å². The molecule has 0 aromatic carbocycles. The van der Waals surface area contributed by atoms with E-state index in [4.69, 9.17) is 0 Å². The van der Waals surface area contributed by atoms with E-state index >= 15 is 0 Å². The van der Waals surface area contributed by atoms with Crippen LogP contribution in [0.4, 0.5) is 0 Å². The lowest BCUT2D eigenvalue weighted by Gasteiger charge is -2.18. The Morgan fingerprint density at radius 2 is 2.10 bits per heavy atom. The fourth-order valence-corrected chi connectivity index (χ4v) is 1.93. The molecule has 0 aliphatic carbocycles. The second-order valence-corrected chi connectivity index (χ2v) is 3.33. The van der Waals surface area contributed by atoms with Crippen LogP contribution in [0, 0.1) is 0 Å². The van der Waals surface area contributed by atoms with Crippen LogP contribution in [0.2, 0.25) is 0 Å². The molecular weight excluding hydrogens is 124 g/mol. The predicted molar refractivity (Wildman–Crippen MR) is 41.1 cm³/mol. The van der Waals surface area contributed by atoms with Crippen molar-refractivity contribution in [3.05, 3.63) is 0 Å². The lowest BCUT2D eigenvalue weighted by Crippen LogP contribution is -2.30. The third kappa shape index (κ3) is 1.32. The summed E-state index contributed by atoms with van der Waals surface area (Å²) in [5.74, 6) is 0. The molecule has 2 rings (SSSR count). The number of hydrogen-bond donors (Lipinski definition) is 0. The van der Waals surface area contributed by atoms with Crippen LogP contribution >= 0.6 is 0 Å². The monoisotopic (exact) mass is 139 g/mol. The van der Waals surface area contributed by atoms with Crippen molar-refractivity contribution >= 4 is 0 Å². The Bertz CT molecular complexity index is 91.8. The Kier molecular flexibility index (Phi) is 1.91. The van der Waals surface area contributed by atoms with Crippen LogP contribution in [0.5, 0.6) is 0 Å². The lowest BCUT2D eigenvalue weighted by molar-refractivity contribution is 0.293. The van der Waals surface area contributed by atoms with Gasteiger partial charge in [-0.2, -0.15) is 0 Å². The van der Waals surface area contributed by atoms with E-state index in [0.29, 0.717) is 6.04 Å². The maximum absolute atomic E-state index is 4.60. The van der Waals surface area contributed by atoms with Crippen molar-refractivity contribution in [1.82, 2.24) is 10.2 Å². The highest BCUT2D eigenvalue weighted by atomic mass is 15.2. The third-order valence-electron chi connectivity index (χ3n) is 2.59. The highest BCUT2D eigenvalue weighted by Crippen LogP contribution is 2.13. The van der Waals surface area contributed by atoms with E-state index < -0.39 is 0 Å². The highest BCUT2D eigenvalue weighted by Gasteiger charge is 2.20. The molecule has 0 aromatic rings. The summed E-state index contributed by atoms with van der Waals surface area (Å²) in [6, 6.07) is 0.715. The molecule has 2 aliphatic heterocycles. The fourth-order valence-electron chi connectivity index (χ4n) is 1.93. The number of hydrogen-bond acceptors (Lipinski definition) is 1. The van der Waals surface area contributed by atoms with Gasteiger partial charge in [-0.3, -0.25) is 0 Å². The van der Waals surface area contributed by atoms with E-state index in [1.165, 1.54) is 38.9 Å². The van der Waals surface area contributed by atoms with Crippen LogP contribution in [0.15, 0.2) is 0 Å². The summed E-state index contributed by atoms with van der Waals surface area (Å²) in [4.78, 5) is 2.55. The van der Waals surface area contributed by atoms with Crippen molar-refractivity contribution in [2.45, 2.75) is 25.3 Å². The summed E-state index contributed by atoms with van der Waals surface area (Å²) < 4.78 is 0. The first kappa shape index (κ1) is 6.62. The van der Waals surface area contributed by atoms with E-state index in [2.05, 4.69) is 10.2 Å². The predicted octanol–water partition coefficient (Wildman–Crippen LogP) is 0.459. The summed E-state index contributed by atoms with van der Waals surface area (Å²) in [6.07, 6.45) is 4.03. The zero-order chi connectivity index (χ0) is 6.81. The molecule has 2 atom stereocenters. The Morgan fingerprint density at radius 3 is 3.10 bits per heavy atom. The SMILES string of the molecule is C1CC2CCN(C1)CC[N]2. The maximum atomic E-state index is 4.60. The smallest absolute Gasteiger partial charge is 0.0264 e. The first-order valence-corrected chi connectivity index (χ1v) is 4.34. The molecule has 0 N–H and O–H groups in total. The Balaban J connectivity index is 2.01. The van der Waals surface area contributed by atoms with Crippen LogP contribution in [0.3, 0.4) is 0 Å². The van der Waals surface area contributed by atoms with Gasteiger partial charge in [0.25, 0.3) is 0 Å². The van der Waals surface area contributed by atoms with Gasteiger partial charge in [-0.15, -0.1) is 0 Å². The van der Waals surface area contributed by atoms with Crippen LogP contribution in [0.1, 0.15) is 19.3 Å². The van der Waals surface area contributed by atoms with E-state index in [-0.39, 0.29) is 0 Å². The largest absolute Gasteiger partial charge is 0.302 e. The van der Waals surface area contributed by atoms with Crippen LogP contribution in [-0.4, -0.2) is 37.1 Å². The van der Waals surface area contributed by atoms with Gasteiger partial charge < -0.3 is 4.90 Å². The zero-order valence-corrected chi connectivity index (χ0v) is 6.42. The molecule has 2 aliphatic rings. The van der Waals surface area contributed by atoms with Crippen molar-refractivity contribution in [3.8, 4) is 0 Å². The third-order valence-corrected chi connectivity index (χ3v) is 2.59. The first-order chi connectivity index (χ1) is 4.95. The van der Waals surface area contributed by atoms with Gasteiger partial charge in [-0.25, -0.2) is 5.32 Å². The minimum Gasteiger partial charge on any atom is -0.302 e. The zero-order valence-electron chi connectivity index (χ0n) is 6.42. The normalized spacial score (nSPS) is 40.8.